The van der Waals surface area contributed by atoms with Gasteiger partial charge < -0.3 is 15.0 Å². The summed E-state index contributed by atoms with van der Waals surface area (Å²) in [6, 6.07) is 13.2. The van der Waals surface area contributed by atoms with Crippen molar-refractivity contribution in [2.24, 2.45) is 0 Å². The van der Waals surface area contributed by atoms with Crippen LogP contribution in [0.2, 0.25) is 0 Å². The van der Waals surface area contributed by atoms with E-state index >= 15 is 0 Å². The van der Waals surface area contributed by atoms with Crippen LogP contribution in [-0.2, 0) is 9.53 Å². The zero-order chi connectivity index (χ0) is 16.2. The molecule has 2 aromatic carbocycles. The van der Waals surface area contributed by atoms with Crippen molar-refractivity contribution >= 4 is 22.9 Å². The minimum absolute atomic E-state index is 0.360. The molecule has 0 aliphatic heterocycles. The summed E-state index contributed by atoms with van der Waals surface area (Å²) in [4.78, 5) is 31.5. The fourth-order valence-corrected chi connectivity index (χ4v) is 2.33. The Labute approximate surface area is 132 Å². The van der Waals surface area contributed by atoms with Gasteiger partial charge in [-0.3, -0.25) is 4.79 Å². The quantitative estimate of drug-likeness (QED) is 0.724. The molecule has 0 saturated heterocycles. The van der Waals surface area contributed by atoms with Crippen molar-refractivity contribution in [1.82, 2.24) is 15.3 Å². The summed E-state index contributed by atoms with van der Waals surface area (Å²) in [5.74, 6) is -0.882. The fourth-order valence-electron chi connectivity index (χ4n) is 2.33. The average molecular weight is 309 g/mol. The molecule has 2 N–H and O–H groups in total. The molecule has 1 heterocycles. The zero-order valence-electron chi connectivity index (χ0n) is 12.4. The maximum Gasteiger partial charge on any atom is 0.333 e. The first kappa shape index (κ1) is 14.8. The SMILES string of the molecule is COC(=O)C(NC(=O)c1ccc2nc[nH]c2c1)c1ccccc1. The number of H-pyrrole nitrogens is 1. The number of carbonyl (C=O) groups excluding carboxylic acids is 2. The zero-order valence-corrected chi connectivity index (χ0v) is 12.4. The number of benzene rings is 2. The first-order chi connectivity index (χ1) is 11.2. The van der Waals surface area contributed by atoms with Crippen molar-refractivity contribution in [1.29, 1.82) is 0 Å². The molecule has 0 saturated carbocycles. The molecule has 23 heavy (non-hydrogen) atoms. The molecule has 3 aromatic rings. The van der Waals surface area contributed by atoms with Gasteiger partial charge in [-0.05, 0) is 23.8 Å². The standard InChI is InChI=1S/C17H15N3O3/c1-23-17(22)15(11-5-3-2-4-6-11)20-16(21)12-7-8-13-14(9-12)19-10-18-13/h2-10,15H,1H3,(H,18,19)(H,20,21). The van der Waals surface area contributed by atoms with Crippen LogP contribution in [0.1, 0.15) is 22.0 Å². The van der Waals surface area contributed by atoms with Gasteiger partial charge >= 0.3 is 5.97 Å². The van der Waals surface area contributed by atoms with E-state index < -0.39 is 12.0 Å². The molecule has 116 valence electrons. The van der Waals surface area contributed by atoms with Crippen LogP contribution in [0, 0.1) is 0 Å². The second-order valence-corrected chi connectivity index (χ2v) is 4.97. The molecule has 6 nitrogen and oxygen atoms in total. The smallest absolute Gasteiger partial charge is 0.333 e. The molecular formula is C17H15N3O3. The number of esters is 1. The second kappa shape index (κ2) is 6.31. The molecule has 1 amide bonds. The number of methoxy groups -OCH3 is 1. The summed E-state index contributed by atoms with van der Waals surface area (Å²) in [7, 11) is 1.29. The van der Waals surface area contributed by atoms with E-state index in [1.165, 1.54) is 7.11 Å². The van der Waals surface area contributed by atoms with Crippen LogP contribution >= 0.6 is 0 Å². The van der Waals surface area contributed by atoms with Crippen molar-refractivity contribution < 1.29 is 14.3 Å². The number of hydrogen-bond acceptors (Lipinski definition) is 4. The summed E-state index contributed by atoms with van der Waals surface area (Å²) in [5, 5.41) is 2.71. The summed E-state index contributed by atoms with van der Waals surface area (Å²) >= 11 is 0. The Balaban J connectivity index is 1.87. The number of aromatic amines is 1. The lowest BCUT2D eigenvalue weighted by Crippen LogP contribution is -2.34. The number of nitrogens with zero attached hydrogens (tertiary/aromatic N) is 1. The third kappa shape index (κ3) is 3.06. The molecule has 0 fully saturated rings. The van der Waals surface area contributed by atoms with E-state index in [0.717, 1.165) is 11.0 Å². The maximum absolute atomic E-state index is 12.5. The molecule has 0 bridgehead atoms. The van der Waals surface area contributed by atoms with Crippen molar-refractivity contribution in [3.63, 3.8) is 0 Å². The Bertz CT molecular complexity index is 842. The Hall–Kier alpha value is -3.15. The van der Waals surface area contributed by atoms with E-state index in [0.29, 0.717) is 11.1 Å². The Morgan fingerprint density at radius 3 is 2.70 bits per heavy atom. The summed E-state index contributed by atoms with van der Waals surface area (Å²) in [6.45, 7) is 0. The van der Waals surface area contributed by atoms with E-state index in [2.05, 4.69) is 15.3 Å². The molecule has 0 radical (unpaired) electrons. The number of hydrogen-bond donors (Lipinski definition) is 2. The molecule has 0 aliphatic rings. The number of ether oxygens (including phenoxy) is 1. The molecule has 1 atom stereocenters. The van der Waals surface area contributed by atoms with Crippen molar-refractivity contribution in [3.05, 3.63) is 66.0 Å². The van der Waals surface area contributed by atoms with Gasteiger partial charge in [0.25, 0.3) is 5.91 Å². The lowest BCUT2D eigenvalue weighted by Gasteiger charge is -2.17. The van der Waals surface area contributed by atoms with Gasteiger partial charge in [0.15, 0.2) is 6.04 Å². The van der Waals surface area contributed by atoms with Crippen LogP contribution in [0.3, 0.4) is 0 Å². The lowest BCUT2D eigenvalue weighted by molar-refractivity contribution is -0.143. The molecule has 3 rings (SSSR count). The van der Waals surface area contributed by atoms with Crippen LogP contribution in [-0.4, -0.2) is 29.0 Å². The summed E-state index contributed by atoms with van der Waals surface area (Å²) in [5.41, 5.74) is 2.63. The van der Waals surface area contributed by atoms with Crippen molar-refractivity contribution in [2.75, 3.05) is 7.11 Å². The Kier molecular flexibility index (Phi) is 4.05. The number of amides is 1. The topological polar surface area (TPSA) is 84.1 Å². The third-order valence-electron chi connectivity index (χ3n) is 3.53. The Morgan fingerprint density at radius 1 is 1.17 bits per heavy atom. The van der Waals surface area contributed by atoms with Crippen LogP contribution in [0.4, 0.5) is 0 Å². The summed E-state index contributed by atoms with van der Waals surface area (Å²) in [6.07, 6.45) is 1.56. The van der Waals surface area contributed by atoms with Gasteiger partial charge in [0, 0.05) is 5.56 Å². The largest absolute Gasteiger partial charge is 0.467 e. The second-order valence-electron chi connectivity index (χ2n) is 4.97. The molecule has 0 aliphatic carbocycles. The highest BCUT2D eigenvalue weighted by Crippen LogP contribution is 2.17. The van der Waals surface area contributed by atoms with Crippen molar-refractivity contribution in [2.45, 2.75) is 6.04 Å². The number of aromatic nitrogens is 2. The van der Waals surface area contributed by atoms with E-state index in [9.17, 15) is 9.59 Å². The molecule has 1 unspecified atom stereocenters. The van der Waals surface area contributed by atoms with Gasteiger partial charge in [-0.1, -0.05) is 30.3 Å². The molecule has 0 spiro atoms. The number of carbonyl (C=O) groups is 2. The number of rotatable bonds is 4. The molecule has 1 aromatic heterocycles. The monoisotopic (exact) mass is 309 g/mol. The van der Waals surface area contributed by atoms with E-state index in [-0.39, 0.29) is 5.91 Å². The van der Waals surface area contributed by atoms with Crippen molar-refractivity contribution in [3.8, 4) is 0 Å². The Morgan fingerprint density at radius 2 is 1.96 bits per heavy atom. The highest BCUT2D eigenvalue weighted by Gasteiger charge is 2.24. The normalized spacial score (nSPS) is 11.9. The number of fused-ring (bicyclic) bond motifs is 1. The predicted octanol–water partition coefficient (Wildman–Crippen LogP) is 2.21. The van der Waals surface area contributed by atoms with Crippen LogP contribution in [0.5, 0.6) is 0 Å². The third-order valence-corrected chi connectivity index (χ3v) is 3.53. The van der Waals surface area contributed by atoms with E-state index in [1.54, 1.807) is 48.8 Å². The van der Waals surface area contributed by atoms with Gasteiger partial charge in [-0.25, -0.2) is 9.78 Å². The number of imidazole rings is 1. The fraction of sp³-hybridized carbons (Fsp3) is 0.118. The first-order valence-electron chi connectivity index (χ1n) is 7.06. The molecular weight excluding hydrogens is 294 g/mol. The van der Waals surface area contributed by atoms with E-state index in [1.807, 2.05) is 6.07 Å². The van der Waals surface area contributed by atoms with Gasteiger partial charge in [0.05, 0.1) is 24.5 Å². The van der Waals surface area contributed by atoms with Gasteiger partial charge in [-0.2, -0.15) is 0 Å². The highest BCUT2D eigenvalue weighted by atomic mass is 16.5. The summed E-state index contributed by atoms with van der Waals surface area (Å²) < 4.78 is 4.79. The average Bonchev–Trinajstić information content (AvgIpc) is 3.07. The predicted molar refractivity (Wildman–Crippen MR) is 84.8 cm³/mol. The minimum atomic E-state index is -0.855. The maximum atomic E-state index is 12.5. The van der Waals surface area contributed by atoms with Crippen LogP contribution in [0.15, 0.2) is 54.9 Å². The van der Waals surface area contributed by atoms with Gasteiger partial charge in [0.2, 0.25) is 0 Å². The van der Waals surface area contributed by atoms with Crippen LogP contribution in [0.25, 0.3) is 11.0 Å². The van der Waals surface area contributed by atoms with Crippen LogP contribution < -0.4 is 5.32 Å². The van der Waals surface area contributed by atoms with Gasteiger partial charge in [0.1, 0.15) is 0 Å². The number of nitrogens with one attached hydrogen (secondary N) is 2. The highest BCUT2D eigenvalue weighted by molar-refractivity contribution is 5.99. The minimum Gasteiger partial charge on any atom is -0.467 e. The lowest BCUT2D eigenvalue weighted by atomic mass is 10.1. The molecule has 6 heteroatoms. The van der Waals surface area contributed by atoms with E-state index in [4.69, 9.17) is 4.74 Å². The first-order valence-corrected chi connectivity index (χ1v) is 7.06. The van der Waals surface area contributed by atoms with Gasteiger partial charge in [-0.15, -0.1) is 0 Å².